The van der Waals surface area contributed by atoms with Crippen molar-refractivity contribution in [3.05, 3.63) is 64.2 Å². The molecule has 0 aliphatic carbocycles. The molecule has 0 atom stereocenters. The summed E-state index contributed by atoms with van der Waals surface area (Å²) in [6.45, 7) is 7.25. The molecule has 2 rings (SSSR count). The largest absolute Gasteiger partial charge is 0.478 e. The van der Waals surface area contributed by atoms with Crippen LogP contribution in [0.5, 0.6) is 0 Å². The van der Waals surface area contributed by atoms with Gasteiger partial charge in [-0.15, -0.1) is 0 Å². The van der Waals surface area contributed by atoms with E-state index in [4.69, 9.17) is 0 Å². The highest BCUT2D eigenvalue weighted by atomic mass is 16.4. The third kappa shape index (κ3) is 4.47. The van der Waals surface area contributed by atoms with Crippen LogP contribution in [0.1, 0.15) is 56.0 Å². The number of aryl methyl sites for hydroxylation is 2. The molecule has 0 bridgehead atoms. The maximum absolute atomic E-state index is 12.4. The second kappa shape index (κ2) is 7.82. The molecule has 6 nitrogen and oxygen atoms in total. The van der Waals surface area contributed by atoms with Crippen LogP contribution in [0, 0.1) is 13.8 Å². The zero-order chi connectivity index (χ0) is 19.4. The third-order valence-corrected chi connectivity index (χ3v) is 3.88. The summed E-state index contributed by atoms with van der Waals surface area (Å²) < 4.78 is 0. The van der Waals surface area contributed by atoms with Crippen molar-refractivity contribution in [2.24, 2.45) is 0 Å². The fraction of sp³-hybridized carbons (Fsp3) is 0.250. The summed E-state index contributed by atoms with van der Waals surface area (Å²) in [5, 5.41) is 14.7. The van der Waals surface area contributed by atoms with E-state index in [9.17, 15) is 19.5 Å². The van der Waals surface area contributed by atoms with Gasteiger partial charge in [-0.1, -0.05) is 6.07 Å². The lowest BCUT2D eigenvalue weighted by Gasteiger charge is -2.12. The molecule has 2 amide bonds. The molecular formula is C20H22N2O4. The van der Waals surface area contributed by atoms with Crippen LogP contribution in [0.2, 0.25) is 0 Å². The molecule has 0 unspecified atom stereocenters. The van der Waals surface area contributed by atoms with Crippen LogP contribution in [-0.2, 0) is 0 Å². The van der Waals surface area contributed by atoms with Gasteiger partial charge in [-0.25, -0.2) is 4.79 Å². The van der Waals surface area contributed by atoms with E-state index < -0.39 is 5.97 Å². The monoisotopic (exact) mass is 354 g/mol. The van der Waals surface area contributed by atoms with Gasteiger partial charge in [-0.05, 0) is 69.2 Å². The topological polar surface area (TPSA) is 95.5 Å². The normalized spacial score (nSPS) is 10.5. The van der Waals surface area contributed by atoms with Gasteiger partial charge in [0, 0.05) is 22.9 Å². The molecule has 0 spiro atoms. The number of nitrogens with one attached hydrogen (secondary N) is 2. The number of carboxylic acid groups (broad SMARTS) is 1. The highest BCUT2D eigenvalue weighted by Crippen LogP contribution is 2.21. The predicted octanol–water partition coefficient (Wildman–Crippen LogP) is 3.39. The summed E-state index contributed by atoms with van der Waals surface area (Å²) in [6.07, 6.45) is 0. The second-order valence-corrected chi connectivity index (χ2v) is 6.45. The molecule has 2 aromatic rings. The lowest BCUT2D eigenvalue weighted by atomic mass is 10.0. The van der Waals surface area contributed by atoms with E-state index in [-0.39, 0.29) is 23.4 Å². The number of hydrogen-bond donors (Lipinski definition) is 3. The smallest absolute Gasteiger partial charge is 0.336 e. The summed E-state index contributed by atoms with van der Waals surface area (Å²) in [7, 11) is 0. The lowest BCUT2D eigenvalue weighted by molar-refractivity contribution is 0.0695. The highest BCUT2D eigenvalue weighted by Gasteiger charge is 2.14. The Hall–Kier alpha value is -3.15. The number of benzene rings is 2. The van der Waals surface area contributed by atoms with Crippen LogP contribution in [0.4, 0.5) is 5.69 Å². The molecule has 0 aliphatic rings. The van der Waals surface area contributed by atoms with Crippen molar-refractivity contribution in [1.82, 2.24) is 5.32 Å². The molecular weight excluding hydrogens is 332 g/mol. The maximum atomic E-state index is 12.4. The first-order valence-electron chi connectivity index (χ1n) is 8.26. The number of hydrogen-bond acceptors (Lipinski definition) is 3. The van der Waals surface area contributed by atoms with Crippen molar-refractivity contribution < 1.29 is 19.5 Å². The van der Waals surface area contributed by atoms with Crippen molar-refractivity contribution in [3.63, 3.8) is 0 Å². The summed E-state index contributed by atoms with van der Waals surface area (Å²) in [5.74, 6) is -1.62. The van der Waals surface area contributed by atoms with Crippen molar-refractivity contribution in [1.29, 1.82) is 0 Å². The van der Waals surface area contributed by atoms with Crippen LogP contribution in [0.15, 0.2) is 36.4 Å². The molecule has 0 saturated heterocycles. The van der Waals surface area contributed by atoms with Crippen molar-refractivity contribution in [3.8, 4) is 0 Å². The molecule has 0 aromatic heterocycles. The second-order valence-electron chi connectivity index (χ2n) is 6.45. The first-order chi connectivity index (χ1) is 12.2. The van der Waals surface area contributed by atoms with Gasteiger partial charge >= 0.3 is 5.97 Å². The van der Waals surface area contributed by atoms with E-state index in [1.807, 2.05) is 13.8 Å². The molecule has 2 aromatic carbocycles. The number of amides is 2. The Kier molecular flexibility index (Phi) is 5.77. The predicted molar refractivity (Wildman–Crippen MR) is 99.9 cm³/mol. The van der Waals surface area contributed by atoms with Gasteiger partial charge in [-0.2, -0.15) is 0 Å². The third-order valence-electron chi connectivity index (χ3n) is 3.88. The zero-order valence-corrected chi connectivity index (χ0v) is 15.2. The summed E-state index contributed by atoms with van der Waals surface area (Å²) in [6, 6.07) is 9.49. The number of carbonyl (C=O) groups is 3. The van der Waals surface area contributed by atoms with Gasteiger partial charge < -0.3 is 15.7 Å². The van der Waals surface area contributed by atoms with E-state index in [1.54, 1.807) is 44.2 Å². The van der Waals surface area contributed by atoms with Crippen molar-refractivity contribution in [2.45, 2.75) is 33.7 Å². The van der Waals surface area contributed by atoms with Gasteiger partial charge in [-0.3, -0.25) is 9.59 Å². The quantitative estimate of drug-likeness (QED) is 0.767. The summed E-state index contributed by atoms with van der Waals surface area (Å²) in [4.78, 5) is 35.6. The van der Waals surface area contributed by atoms with Crippen LogP contribution in [0.25, 0.3) is 0 Å². The average molecular weight is 354 g/mol. The first-order valence-corrected chi connectivity index (χ1v) is 8.26. The Morgan fingerprint density at radius 1 is 0.885 bits per heavy atom. The van der Waals surface area contributed by atoms with Gasteiger partial charge in [0.15, 0.2) is 0 Å². The SMILES string of the molecule is Cc1cc(C)c(C(=O)O)cc1NC(=O)c1ccc(C(=O)NC(C)C)cc1. The van der Waals surface area contributed by atoms with E-state index in [1.165, 1.54) is 6.07 Å². The molecule has 3 N–H and O–H groups in total. The molecule has 0 aliphatic heterocycles. The van der Waals surface area contributed by atoms with Crippen LogP contribution >= 0.6 is 0 Å². The summed E-state index contributed by atoms with van der Waals surface area (Å²) in [5.41, 5.74) is 2.84. The van der Waals surface area contributed by atoms with Crippen molar-refractivity contribution in [2.75, 3.05) is 5.32 Å². The zero-order valence-electron chi connectivity index (χ0n) is 15.2. The Balaban J connectivity index is 2.19. The van der Waals surface area contributed by atoms with Crippen molar-refractivity contribution >= 4 is 23.5 Å². The van der Waals surface area contributed by atoms with Crippen LogP contribution < -0.4 is 10.6 Å². The highest BCUT2D eigenvalue weighted by molar-refractivity contribution is 6.06. The van der Waals surface area contributed by atoms with E-state index in [0.29, 0.717) is 22.4 Å². The minimum Gasteiger partial charge on any atom is -0.478 e. The van der Waals surface area contributed by atoms with E-state index in [0.717, 1.165) is 5.56 Å². The maximum Gasteiger partial charge on any atom is 0.336 e. The number of carboxylic acids is 1. The molecule has 136 valence electrons. The Labute approximate surface area is 152 Å². The fourth-order valence-corrected chi connectivity index (χ4v) is 2.53. The van der Waals surface area contributed by atoms with Gasteiger partial charge in [0.05, 0.1) is 5.56 Å². The van der Waals surface area contributed by atoms with Crippen LogP contribution in [-0.4, -0.2) is 28.9 Å². The van der Waals surface area contributed by atoms with E-state index in [2.05, 4.69) is 10.6 Å². The molecule has 26 heavy (non-hydrogen) atoms. The number of aromatic carboxylic acids is 1. The fourth-order valence-electron chi connectivity index (χ4n) is 2.53. The Morgan fingerprint density at radius 2 is 1.42 bits per heavy atom. The first kappa shape index (κ1) is 19.2. The number of carbonyl (C=O) groups excluding carboxylic acids is 2. The van der Waals surface area contributed by atoms with Gasteiger partial charge in [0.1, 0.15) is 0 Å². The Morgan fingerprint density at radius 3 is 1.92 bits per heavy atom. The van der Waals surface area contributed by atoms with E-state index >= 15 is 0 Å². The molecule has 0 radical (unpaired) electrons. The molecule has 0 saturated carbocycles. The molecule has 0 fully saturated rings. The van der Waals surface area contributed by atoms with Gasteiger partial charge in [0.25, 0.3) is 11.8 Å². The minimum absolute atomic E-state index is 0.0263. The molecule has 6 heteroatoms. The molecule has 0 heterocycles. The Bertz CT molecular complexity index is 855. The lowest BCUT2D eigenvalue weighted by Crippen LogP contribution is -2.30. The standard InChI is InChI=1S/C20H22N2O4/c1-11(2)21-18(23)14-5-7-15(8-6-14)19(24)22-17-10-16(20(25)26)12(3)9-13(17)4/h5-11H,1-4H3,(H,21,23)(H,22,24)(H,25,26). The van der Waals surface area contributed by atoms with Crippen LogP contribution in [0.3, 0.4) is 0 Å². The summed E-state index contributed by atoms with van der Waals surface area (Å²) >= 11 is 0. The number of anilines is 1. The minimum atomic E-state index is -1.04. The average Bonchev–Trinajstić information content (AvgIpc) is 2.56. The number of rotatable bonds is 5. The van der Waals surface area contributed by atoms with Gasteiger partial charge in [0.2, 0.25) is 0 Å².